The third-order valence-electron chi connectivity index (χ3n) is 3.53. The number of nitrogen functional groups attached to an aromatic ring is 1. The molecule has 0 spiro atoms. The van der Waals surface area contributed by atoms with Crippen molar-refractivity contribution in [1.82, 2.24) is 15.2 Å². The van der Waals surface area contributed by atoms with E-state index in [1.165, 1.54) is 0 Å². The summed E-state index contributed by atoms with van der Waals surface area (Å²) in [6.45, 7) is 0. The van der Waals surface area contributed by atoms with E-state index in [1.54, 1.807) is 30.0 Å². The molecule has 0 aliphatic rings. The summed E-state index contributed by atoms with van der Waals surface area (Å²) in [5.41, 5.74) is 4.73. The van der Waals surface area contributed by atoms with Crippen LogP contribution >= 0.6 is 11.6 Å². The number of aromatic nitrogens is 2. The first kappa shape index (κ1) is 16.0. The van der Waals surface area contributed by atoms with Crippen molar-refractivity contribution in [3.63, 3.8) is 0 Å². The van der Waals surface area contributed by atoms with E-state index in [-0.39, 0.29) is 5.69 Å². The number of hydrazine groups is 1. The molecule has 3 aromatic rings. The number of hydrogen-bond donors (Lipinski definition) is 2. The van der Waals surface area contributed by atoms with Gasteiger partial charge in [0.1, 0.15) is 5.75 Å². The fourth-order valence-electron chi connectivity index (χ4n) is 2.31. The number of nitrogens with two attached hydrogens (primary N) is 1. The van der Waals surface area contributed by atoms with Crippen molar-refractivity contribution < 1.29 is 9.53 Å². The normalized spacial score (nSPS) is 10.5. The van der Waals surface area contributed by atoms with Crippen LogP contribution < -0.4 is 16.0 Å². The molecule has 3 N–H and O–H groups in total. The Morgan fingerprint density at radius 1 is 1.17 bits per heavy atom. The Morgan fingerprint density at radius 2 is 1.83 bits per heavy atom. The first-order chi connectivity index (χ1) is 11.6. The predicted molar refractivity (Wildman–Crippen MR) is 92.2 cm³/mol. The molecule has 0 atom stereocenters. The maximum absolute atomic E-state index is 11.8. The van der Waals surface area contributed by atoms with Crippen LogP contribution in [-0.4, -0.2) is 22.8 Å². The van der Waals surface area contributed by atoms with Crippen molar-refractivity contribution in [2.24, 2.45) is 5.84 Å². The number of nitrogens with zero attached hydrogens (tertiary/aromatic N) is 2. The summed E-state index contributed by atoms with van der Waals surface area (Å²) in [5.74, 6) is 5.49. The third kappa shape index (κ3) is 3.10. The average Bonchev–Trinajstić information content (AvgIpc) is 3.07. The molecule has 0 saturated carbocycles. The highest BCUT2D eigenvalue weighted by atomic mass is 35.5. The first-order valence-corrected chi connectivity index (χ1v) is 7.51. The average molecular weight is 343 g/mol. The largest absolute Gasteiger partial charge is 0.497 e. The van der Waals surface area contributed by atoms with E-state index >= 15 is 0 Å². The number of ether oxygens (including phenoxy) is 1. The highest BCUT2D eigenvalue weighted by Crippen LogP contribution is 2.26. The van der Waals surface area contributed by atoms with Crippen molar-refractivity contribution in [3.05, 3.63) is 65.3 Å². The molecule has 122 valence electrons. The molecular formula is C17H15ClN4O2. The van der Waals surface area contributed by atoms with Gasteiger partial charge in [-0.15, -0.1) is 0 Å². The van der Waals surface area contributed by atoms with E-state index in [4.69, 9.17) is 22.2 Å². The zero-order valence-corrected chi connectivity index (χ0v) is 13.6. The summed E-state index contributed by atoms with van der Waals surface area (Å²) in [6.07, 6.45) is 0. The van der Waals surface area contributed by atoms with Crippen LogP contribution in [0.5, 0.6) is 5.75 Å². The number of carbonyl (C=O) groups is 1. The van der Waals surface area contributed by atoms with Gasteiger partial charge in [-0.05, 0) is 42.5 Å². The van der Waals surface area contributed by atoms with Gasteiger partial charge in [0.2, 0.25) is 0 Å². The van der Waals surface area contributed by atoms with Crippen molar-refractivity contribution in [2.45, 2.75) is 0 Å². The molecule has 1 amide bonds. The van der Waals surface area contributed by atoms with Crippen molar-refractivity contribution in [2.75, 3.05) is 7.11 Å². The highest BCUT2D eigenvalue weighted by molar-refractivity contribution is 6.30. The van der Waals surface area contributed by atoms with E-state index in [9.17, 15) is 4.79 Å². The first-order valence-electron chi connectivity index (χ1n) is 7.14. The minimum Gasteiger partial charge on any atom is -0.497 e. The van der Waals surface area contributed by atoms with Crippen molar-refractivity contribution in [1.29, 1.82) is 0 Å². The molecule has 0 bridgehead atoms. The number of rotatable bonds is 4. The van der Waals surface area contributed by atoms with Crippen LogP contribution in [0, 0.1) is 0 Å². The molecule has 1 aromatic heterocycles. The quantitative estimate of drug-likeness (QED) is 0.434. The smallest absolute Gasteiger partial charge is 0.285 e. The Morgan fingerprint density at radius 3 is 2.42 bits per heavy atom. The molecule has 3 rings (SSSR count). The van der Waals surface area contributed by atoms with Crippen LogP contribution in [0.1, 0.15) is 10.5 Å². The topological polar surface area (TPSA) is 82.2 Å². The molecule has 0 radical (unpaired) electrons. The van der Waals surface area contributed by atoms with Crippen LogP contribution in [0.3, 0.4) is 0 Å². The van der Waals surface area contributed by atoms with Gasteiger partial charge in [-0.1, -0.05) is 23.7 Å². The molecular weight excluding hydrogens is 328 g/mol. The van der Waals surface area contributed by atoms with E-state index in [1.807, 2.05) is 36.4 Å². The van der Waals surface area contributed by atoms with E-state index < -0.39 is 5.91 Å². The van der Waals surface area contributed by atoms with Gasteiger partial charge in [0.15, 0.2) is 5.69 Å². The molecule has 1 heterocycles. The second-order valence-corrected chi connectivity index (χ2v) is 5.44. The van der Waals surface area contributed by atoms with E-state index in [0.29, 0.717) is 5.02 Å². The lowest BCUT2D eigenvalue weighted by Crippen LogP contribution is -2.30. The number of methoxy groups -OCH3 is 1. The minimum absolute atomic E-state index is 0.221. The lowest BCUT2D eigenvalue weighted by atomic mass is 10.1. The predicted octanol–water partition coefficient (Wildman–Crippen LogP) is 2.80. The lowest BCUT2D eigenvalue weighted by Gasteiger charge is -2.08. The van der Waals surface area contributed by atoms with Gasteiger partial charge in [-0.3, -0.25) is 10.2 Å². The van der Waals surface area contributed by atoms with Crippen LogP contribution in [-0.2, 0) is 0 Å². The number of carbonyl (C=O) groups excluding carboxylic acids is 1. The maximum atomic E-state index is 11.8. The second kappa shape index (κ2) is 6.74. The van der Waals surface area contributed by atoms with Gasteiger partial charge in [-0.25, -0.2) is 10.5 Å². The van der Waals surface area contributed by atoms with Crippen LogP contribution in [0.15, 0.2) is 54.6 Å². The molecule has 0 unspecified atom stereocenters. The monoisotopic (exact) mass is 342 g/mol. The lowest BCUT2D eigenvalue weighted by molar-refractivity contribution is 0.0948. The molecule has 6 nitrogen and oxygen atoms in total. The second-order valence-electron chi connectivity index (χ2n) is 5.01. The Labute approximate surface area is 143 Å². The molecule has 0 fully saturated rings. The Bertz CT molecular complexity index is 857. The SMILES string of the molecule is COc1ccc(-n2nc(C(=O)NN)cc2-c2ccc(Cl)cc2)cc1. The number of benzene rings is 2. The van der Waals surface area contributed by atoms with Crippen molar-refractivity contribution >= 4 is 17.5 Å². The van der Waals surface area contributed by atoms with Gasteiger partial charge in [0, 0.05) is 10.6 Å². The molecule has 2 aromatic carbocycles. The molecule has 0 saturated heterocycles. The van der Waals surface area contributed by atoms with Gasteiger partial charge in [0.25, 0.3) is 5.91 Å². The number of hydrogen-bond acceptors (Lipinski definition) is 4. The van der Waals surface area contributed by atoms with Gasteiger partial charge < -0.3 is 4.74 Å². The van der Waals surface area contributed by atoms with E-state index in [2.05, 4.69) is 10.5 Å². The van der Waals surface area contributed by atoms with Crippen LogP contribution in [0.4, 0.5) is 0 Å². The summed E-state index contributed by atoms with van der Waals surface area (Å²) in [6, 6.07) is 16.3. The summed E-state index contributed by atoms with van der Waals surface area (Å²) in [5, 5.41) is 4.99. The fourth-order valence-corrected chi connectivity index (χ4v) is 2.44. The standard InChI is InChI=1S/C17H15ClN4O2/c1-24-14-8-6-13(7-9-14)22-16(10-15(21-22)17(23)20-19)11-2-4-12(18)5-3-11/h2-10H,19H2,1H3,(H,20,23). The van der Waals surface area contributed by atoms with E-state index in [0.717, 1.165) is 22.7 Å². The Balaban J connectivity index is 2.13. The third-order valence-corrected chi connectivity index (χ3v) is 3.78. The summed E-state index contributed by atoms with van der Waals surface area (Å²) in [4.78, 5) is 11.8. The number of halogens is 1. The zero-order chi connectivity index (χ0) is 17.1. The van der Waals surface area contributed by atoms with Crippen LogP contribution in [0.25, 0.3) is 16.9 Å². The molecule has 0 aliphatic heterocycles. The molecule has 0 aliphatic carbocycles. The van der Waals surface area contributed by atoms with Crippen LogP contribution in [0.2, 0.25) is 5.02 Å². The maximum Gasteiger partial charge on any atom is 0.285 e. The number of amides is 1. The number of nitrogens with one attached hydrogen (secondary N) is 1. The minimum atomic E-state index is -0.461. The summed E-state index contributed by atoms with van der Waals surface area (Å²) in [7, 11) is 1.60. The van der Waals surface area contributed by atoms with Gasteiger partial charge in [-0.2, -0.15) is 5.10 Å². The fraction of sp³-hybridized carbons (Fsp3) is 0.0588. The Hall–Kier alpha value is -2.83. The highest BCUT2D eigenvalue weighted by Gasteiger charge is 2.16. The molecule has 7 heteroatoms. The van der Waals surface area contributed by atoms with Gasteiger partial charge in [0.05, 0.1) is 18.5 Å². The van der Waals surface area contributed by atoms with Crippen molar-refractivity contribution in [3.8, 4) is 22.7 Å². The van der Waals surface area contributed by atoms with Gasteiger partial charge >= 0.3 is 0 Å². The summed E-state index contributed by atoms with van der Waals surface area (Å²) >= 11 is 5.95. The molecule has 24 heavy (non-hydrogen) atoms. The summed E-state index contributed by atoms with van der Waals surface area (Å²) < 4.78 is 6.84. The Kier molecular flexibility index (Phi) is 4.50. The zero-order valence-electron chi connectivity index (χ0n) is 12.9.